The largest absolute Gasteiger partial charge is 0.393 e. The van der Waals surface area contributed by atoms with E-state index in [1.807, 2.05) is 55.5 Å². The van der Waals surface area contributed by atoms with Gasteiger partial charge in [-0.2, -0.15) is 0 Å². The van der Waals surface area contributed by atoms with E-state index in [0.717, 1.165) is 19.3 Å². The Bertz CT molecular complexity index is 673. The third kappa shape index (κ3) is 8.42. The molecular weight excluding hydrogens is 378 g/mol. The lowest BCUT2D eigenvalue weighted by Gasteiger charge is -2.19. The van der Waals surface area contributed by atoms with Crippen LogP contribution in [0.4, 0.5) is 0 Å². The maximum Gasteiger partial charge on any atom is 0.219 e. The van der Waals surface area contributed by atoms with Crippen molar-refractivity contribution < 1.29 is 20.1 Å². The van der Waals surface area contributed by atoms with Crippen LogP contribution in [0.2, 0.25) is 0 Å². The van der Waals surface area contributed by atoms with Gasteiger partial charge in [-0.05, 0) is 50.5 Å². The van der Waals surface area contributed by atoms with Gasteiger partial charge in [0.2, 0.25) is 5.91 Å². The van der Waals surface area contributed by atoms with Gasteiger partial charge in [-0.1, -0.05) is 54.6 Å². The molecule has 166 valence electrons. The van der Waals surface area contributed by atoms with Gasteiger partial charge in [-0.3, -0.25) is 4.79 Å². The quantitative estimate of drug-likeness (QED) is 0.312. The zero-order valence-electron chi connectivity index (χ0n) is 18.0. The molecule has 0 spiro atoms. The first-order valence-electron chi connectivity index (χ1n) is 11.2. The Balaban J connectivity index is 1.78. The van der Waals surface area contributed by atoms with Gasteiger partial charge in [0.05, 0.1) is 18.3 Å². The number of allylic oxidation sites excluding steroid dienone is 2. The maximum atomic E-state index is 11.4. The molecule has 1 aliphatic carbocycles. The number of carbonyl (C=O) groups excluding carboxylic acids is 1. The van der Waals surface area contributed by atoms with E-state index in [2.05, 4.69) is 5.32 Å². The van der Waals surface area contributed by atoms with E-state index in [-0.39, 0.29) is 17.7 Å². The number of carbonyl (C=O) groups is 1. The molecule has 2 rings (SSSR count). The molecule has 0 saturated heterocycles. The lowest BCUT2D eigenvalue weighted by Crippen LogP contribution is -2.21. The number of aryl methyl sites for hydroxylation is 1. The summed E-state index contributed by atoms with van der Waals surface area (Å²) in [5, 5.41) is 33.8. The number of aliphatic hydroxyl groups is 3. The van der Waals surface area contributed by atoms with E-state index in [1.54, 1.807) is 6.08 Å². The number of hydrogen-bond donors (Lipinski definition) is 4. The second-order valence-corrected chi connectivity index (χ2v) is 8.14. The van der Waals surface area contributed by atoms with E-state index < -0.39 is 18.3 Å². The molecule has 0 radical (unpaired) electrons. The summed E-state index contributed by atoms with van der Waals surface area (Å²) in [6, 6.07) is 10.1. The Labute approximate surface area is 180 Å². The number of rotatable bonds is 12. The molecule has 4 N–H and O–H groups in total. The van der Waals surface area contributed by atoms with Crippen LogP contribution in [0.25, 0.3) is 0 Å². The van der Waals surface area contributed by atoms with Crippen LogP contribution in [0.15, 0.2) is 54.6 Å². The van der Waals surface area contributed by atoms with Gasteiger partial charge >= 0.3 is 0 Å². The zero-order chi connectivity index (χ0) is 21.8. The van der Waals surface area contributed by atoms with Gasteiger partial charge in [0.1, 0.15) is 0 Å². The molecule has 30 heavy (non-hydrogen) atoms. The summed E-state index contributed by atoms with van der Waals surface area (Å²) in [5.74, 6) is -0.139. The fourth-order valence-electron chi connectivity index (χ4n) is 4.06. The molecule has 1 fully saturated rings. The van der Waals surface area contributed by atoms with Crippen molar-refractivity contribution in [3.63, 3.8) is 0 Å². The number of hydrogen-bond acceptors (Lipinski definition) is 4. The monoisotopic (exact) mass is 415 g/mol. The second kappa shape index (κ2) is 13.4. The minimum Gasteiger partial charge on any atom is -0.393 e. The smallest absolute Gasteiger partial charge is 0.219 e. The minimum atomic E-state index is -0.589. The fourth-order valence-corrected chi connectivity index (χ4v) is 4.06. The minimum absolute atomic E-state index is 0.0581. The molecule has 0 bridgehead atoms. The molecule has 1 aromatic rings. The molecule has 1 amide bonds. The second-order valence-electron chi connectivity index (χ2n) is 8.14. The predicted octanol–water partition coefficient (Wildman–Crippen LogP) is 3.15. The first-order valence-corrected chi connectivity index (χ1v) is 11.2. The highest BCUT2D eigenvalue weighted by molar-refractivity contribution is 5.75. The molecule has 5 atom stereocenters. The number of amides is 1. The van der Waals surface area contributed by atoms with Crippen molar-refractivity contribution in [3.8, 4) is 0 Å². The third-order valence-corrected chi connectivity index (χ3v) is 5.77. The highest BCUT2D eigenvalue weighted by atomic mass is 16.3. The Kier molecular flexibility index (Phi) is 10.8. The fraction of sp³-hybridized carbons (Fsp3) is 0.560. The van der Waals surface area contributed by atoms with Crippen molar-refractivity contribution in [3.05, 3.63) is 60.2 Å². The van der Waals surface area contributed by atoms with Crippen LogP contribution in [0, 0.1) is 11.8 Å². The molecule has 5 nitrogen and oxygen atoms in total. The summed E-state index contributed by atoms with van der Waals surface area (Å²) >= 11 is 0. The molecule has 5 heteroatoms. The first kappa shape index (κ1) is 24.3. The van der Waals surface area contributed by atoms with Gasteiger partial charge in [-0.15, -0.1) is 0 Å². The van der Waals surface area contributed by atoms with Crippen molar-refractivity contribution in [2.24, 2.45) is 11.8 Å². The van der Waals surface area contributed by atoms with Gasteiger partial charge < -0.3 is 20.6 Å². The van der Waals surface area contributed by atoms with E-state index in [4.69, 9.17) is 0 Å². The van der Waals surface area contributed by atoms with Gasteiger partial charge in [0.15, 0.2) is 0 Å². The SMILES string of the molecule is CCNC(=O)CCCC=CC[C@@H]1[C@@H](C=C[C@H](O)CCc2ccccc2)[C@H](O)C[C@@H]1O. The lowest BCUT2D eigenvalue weighted by atomic mass is 9.89. The number of benzene rings is 1. The normalized spacial score (nSPS) is 25.2. The third-order valence-electron chi connectivity index (χ3n) is 5.77. The number of aliphatic hydroxyl groups excluding tert-OH is 3. The number of unbranched alkanes of at least 4 members (excludes halogenated alkanes) is 1. The molecule has 0 aromatic heterocycles. The summed E-state index contributed by atoms with van der Waals surface area (Å²) in [7, 11) is 0. The van der Waals surface area contributed by atoms with Gasteiger partial charge in [0.25, 0.3) is 0 Å². The van der Waals surface area contributed by atoms with Crippen LogP contribution >= 0.6 is 0 Å². The van der Waals surface area contributed by atoms with Crippen molar-refractivity contribution in [1.82, 2.24) is 5.32 Å². The Hall–Kier alpha value is -1.95. The van der Waals surface area contributed by atoms with Crippen LogP contribution in [0.5, 0.6) is 0 Å². The maximum absolute atomic E-state index is 11.4. The lowest BCUT2D eigenvalue weighted by molar-refractivity contribution is -0.121. The van der Waals surface area contributed by atoms with Crippen LogP contribution in [-0.2, 0) is 11.2 Å². The molecule has 0 aliphatic heterocycles. The van der Waals surface area contributed by atoms with Crippen molar-refractivity contribution in [2.45, 2.75) is 70.2 Å². The highest BCUT2D eigenvalue weighted by Crippen LogP contribution is 2.36. The Morgan fingerprint density at radius 2 is 1.97 bits per heavy atom. The standard InChI is InChI=1S/C25H37NO4/c1-2-26-25(30)13-9-4-3-8-12-21-22(24(29)18-23(21)28)17-16-20(27)15-14-19-10-6-5-7-11-19/h3,5-8,10-11,16-17,20-24,27-29H,2,4,9,12-15,18H2,1H3,(H,26,30)/t20-,21-,22-,23+,24-/m1/s1. The highest BCUT2D eigenvalue weighted by Gasteiger charge is 2.39. The van der Waals surface area contributed by atoms with E-state index >= 15 is 0 Å². The van der Waals surface area contributed by atoms with Crippen LogP contribution in [0.1, 0.15) is 51.0 Å². The van der Waals surface area contributed by atoms with Crippen molar-refractivity contribution >= 4 is 5.91 Å². The average molecular weight is 416 g/mol. The molecule has 1 saturated carbocycles. The zero-order valence-corrected chi connectivity index (χ0v) is 18.0. The van der Waals surface area contributed by atoms with Crippen LogP contribution < -0.4 is 5.32 Å². The van der Waals surface area contributed by atoms with E-state index in [1.165, 1.54) is 5.56 Å². The van der Waals surface area contributed by atoms with Crippen molar-refractivity contribution in [2.75, 3.05) is 6.54 Å². The summed E-state index contributed by atoms with van der Waals surface area (Å²) in [6.45, 7) is 2.57. The molecule has 0 unspecified atom stereocenters. The average Bonchev–Trinajstić information content (AvgIpc) is 3.00. The first-order chi connectivity index (χ1) is 14.5. The van der Waals surface area contributed by atoms with Gasteiger partial charge in [-0.25, -0.2) is 0 Å². The summed E-state index contributed by atoms with van der Waals surface area (Å²) in [6.07, 6.45) is 10.6. The molecular formula is C25H37NO4. The molecule has 1 aromatic carbocycles. The van der Waals surface area contributed by atoms with E-state index in [9.17, 15) is 20.1 Å². The van der Waals surface area contributed by atoms with E-state index in [0.29, 0.717) is 32.2 Å². The topological polar surface area (TPSA) is 89.8 Å². The summed E-state index contributed by atoms with van der Waals surface area (Å²) in [4.78, 5) is 11.4. The molecule has 1 aliphatic rings. The Morgan fingerprint density at radius 1 is 1.20 bits per heavy atom. The molecule has 0 heterocycles. The van der Waals surface area contributed by atoms with Crippen LogP contribution in [0.3, 0.4) is 0 Å². The summed E-state index contributed by atoms with van der Waals surface area (Å²) in [5.41, 5.74) is 1.19. The summed E-state index contributed by atoms with van der Waals surface area (Å²) < 4.78 is 0. The van der Waals surface area contributed by atoms with Gasteiger partial charge in [0, 0.05) is 25.3 Å². The van der Waals surface area contributed by atoms with Crippen LogP contribution in [-0.4, -0.2) is 46.1 Å². The predicted molar refractivity (Wildman–Crippen MR) is 120 cm³/mol. The van der Waals surface area contributed by atoms with Crippen molar-refractivity contribution in [1.29, 1.82) is 0 Å². The Morgan fingerprint density at radius 3 is 2.70 bits per heavy atom. The number of nitrogens with one attached hydrogen (secondary N) is 1.